The molecule has 2 aromatic rings. The number of hydrogen-bond acceptors (Lipinski definition) is 7. The van der Waals surface area contributed by atoms with Crippen LogP contribution in [-0.4, -0.2) is 51.9 Å². The minimum atomic E-state index is -3.05. The summed E-state index contributed by atoms with van der Waals surface area (Å²) in [4.78, 5) is 12.1. The van der Waals surface area contributed by atoms with E-state index < -0.39 is 15.4 Å². The Morgan fingerprint density at radius 3 is 2.92 bits per heavy atom. The second kappa shape index (κ2) is 6.25. The molecule has 130 valence electrons. The molecule has 10 heteroatoms. The van der Waals surface area contributed by atoms with Crippen LogP contribution < -0.4 is 5.32 Å². The first-order chi connectivity index (χ1) is 11.3. The molecule has 0 aromatic carbocycles. The molecule has 0 unspecified atom stereocenters. The number of aromatic nitrogens is 3. The molecule has 1 saturated heterocycles. The molecule has 3 heterocycles. The molecule has 1 aliphatic heterocycles. The lowest BCUT2D eigenvalue weighted by Crippen LogP contribution is -2.47. The van der Waals surface area contributed by atoms with Crippen LogP contribution >= 0.6 is 11.8 Å². The maximum Gasteiger partial charge on any atom is 0.230 e. The molecule has 1 amide bonds. The van der Waals surface area contributed by atoms with Gasteiger partial charge in [0.15, 0.2) is 26.6 Å². The van der Waals surface area contributed by atoms with E-state index in [0.717, 1.165) is 0 Å². The zero-order valence-electron chi connectivity index (χ0n) is 13.4. The third-order valence-electron chi connectivity index (χ3n) is 3.85. The molecule has 1 N–H and O–H groups in total. The predicted molar refractivity (Wildman–Crippen MR) is 89.2 cm³/mol. The van der Waals surface area contributed by atoms with Crippen LogP contribution in [0.15, 0.2) is 28.0 Å². The molecule has 0 radical (unpaired) electrons. The van der Waals surface area contributed by atoms with Gasteiger partial charge in [0.2, 0.25) is 5.91 Å². The molecule has 1 atom stereocenters. The van der Waals surface area contributed by atoms with Crippen molar-refractivity contribution >= 4 is 27.5 Å². The maximum absolute atomic E-state index is 12.1. The number of amides is 1. The zero-order valence-corrected chi connectivity index (χ0v) is 15.0. The van der Waals surface area contributed by atoms with Gasteiger partial charge in [-0.1, -0.05) is 11.8 Å². The van der Waals surface area contributed by atoms with E-state index in [0.29, 0.717) is 23.2 Å². The van der Waals surface area contributed by atoms with E-state index in [1.54, 1.807) is 36.9 Å². The smallest absolute Gasteiger partial charge is 0.230 e. The Kier molecular flexibility index (Phi) is 4.43. The highest BCUT2D eigenvalue weighted by Gasteiger charge is 2.39. The molecule has 0 bridgehead atoms. The van der Waals surface area contributed by atoms with Crippen LogP contribution in [-0.2, 0) is 21.7 Å². The van der Waals surface area contributed by atoms with E-state index in [2.05, 4.69) is 15.5 Å². The molecule has 0 saturated carbocycles. The minimum Gasteiger partial charge on any atom is -0.461 e. The third-order valence-corrected chi connectivity index (χ3v) is 6.78. The van der Waals surface area contributed by atoms with Crippen molar-refractivity contribution in [2.24, 2.45) is 7.05 Å². The van der Waals surface area contributed by atoms with Gasteiger partial charge in [-0.15, -0.1) is 10.2 Å². The number of nitrogens with zero attached hydrogens (tertiary/aromatic N) is 3. The molecule has 3 rings (SSSR count). The number of carbonyl (C=O) groups is 1. The van der Waals surface area contributed by atoms with E-state index in [4.69, 9.17) is 4.42 Å². The number of carbonyl (C=O) groups excluding carboxylic acids is 1. The summed E-state index contributed by atoms with van der Waals surface area (Å²) >= 11 is 1.24. The SMILES string of the molecule is Cn1c(SCC(=O)N[C@]2(C)CCS(=O)(=O)C2)nnc1-c1ccco1. The summed E-state index contributed by atoms with van der Waals surface area (Å²) in [6.07, 6.45) is 2.00. The van der Waals surface area contributed by atoms with Crippen molar-refractivity contribution in [3.05, 3.63) is 18.4 Å². The molecule has 0 spiro atoms. The highest BCUT2D eigenvalue weighted by molar-refractivity contribution is 7.99. The number of hydrogen-bond donors (Lipinski definition) is 1. The predicted octanol–water partition coefficient (Wildman–Crippen LogP) is 0.861. The Balaban J connectivity index is 1.59. The Labute approximate surface area is 143 Å². The van der Waals surface area contributed by atoms with E-state index >= 15 is 0 Å². The van der Waals surface area contributed by atoms with Crippen LogP contribution in [0.2, 0.25) is 0 Å². The number of furan rings is 1. The summed E-state index contributed by atoms with van der Waals surface area (Å²) in [7, 11) is -1.26. The summed E-state index contributed by atoms with van der Waals surface area (Å²) in [5, 5.41) is 11.5. The van der Waals surface area contributed by atoms with E-state index in [-0.39, 0.29) is 23.2 Å². The van der Waals surface area contributed by atoms with Gasteiger partial charge in [-0.25, -0.2) is 8.42 Å². The molecule has 1 fully saturated rings. The van der Waals surface area contributed by atoms with Crippen molar-refractivity contribution < 1.29 is 17.6 Å². The van der Waals surface area contributed by atoms with Crippen LogP contribution in [0.5, 0.6) is 0 Å². The molecule has 8 nitrogen and oxygen atoms in total. The van der Waals surface area contributed by atoms with Crippen molar-refractivity contribution in [3.63, 3.8) is 0 Å². The summed E-state index contributed by atoms with van der Waals surface area (Å²) in [6, 6.07) is 3.55. The molecule has 2 aromatic heterocycles. The Morgan fingerprint density at radius 1 is 1.50 bits per heavy atom. The van der Waals surface area contributed by atoms with Gasteiger partial charge in [-0.05, 0) is 25.5 Å². The third kappa shape index (κ3) is 3.64. The lowest BCUT2D eigenvalue weighted by molar-refractivity contribution is -0.120. The Bertz CT molecular complexity index is 844. The van der Waals surface area contributed by atoms with E-state index in [1.165, 1.54) is 11.8 Å². The van der Waals surface area contributed by atoms with Gasteiger partial charge in [0.05, 0.1) is 29.1 Å². The van der Waals surface area contributed by atoms with E-state index in [1.807, 2.05) is 0 Å². The lowest BCUT2D eigenvalue weighted by Gasteiger charge is -2.23. The largest absolute Gasteiger partial charge is 0.461 e. The zero-order chi connectivity index (χ0) is 17.4. The normalized spacial score (nSPS) is 22.6. The Hall–Kier alpha value is -1.81. The lowest BCUT2D eigenvalue weighted by atomic mass is 10.0. The maximum atomic E-state index is 12.1. The van der Waals surface area contributed by atoms with Crippen LogP contribution in [0.25, 0.3) is 11.6 Å². The molecular formula is C14H18N4O4S2. The summed E-state index contributed by atoms with van der Waals surface area (Å²) in [6.45, 7) is 1.76. The first kappa shape index (κ1) is 17.0. The number of nitrogens with one attached hydrogen (secondary N) is 1. The number of thioether (sulfide) groups is 1. The molecule has 1 aliphatic rings. The van der Waals surface area contributed by atoms with Crippen LogP contribution in [0.3, 0.4) is 0 Å². The first-order valence-corrected chi connectivity index (χ1v) is 10.2. The highest BCUT2D eigenvalue weighted by atomic mass is 32.2. The van der Waals surface area contributed by atoms with Crippen molar-refractivity contribution in [2.75, 3.05) is 17.3 Å². The van der Waals surface area contributed by atoms with Gasteiger partial charge in [0, 0.05) is 7.05 Å². The minimum absolute atomic E-state index is 0.0109. The molecule has 0 aliphatic carbocycles. The standard InChI is InChI=1S/C14H18N4O4S2/c1-14(5-7-24(20,21)9-14)15-11(19)8-23-13-17-16-12(18(13)2)10-4-3-6-22-10/h3-4,6H,5,7-9H2,1-2H3,(H,15,19)/t14-/m1/s1. The summed E-state index contributed by atoms with van der Waals surface area (Å²) < 4.78 is 30.2. The fourth-order valence-corrected chi connectivity index (χ4v) is 5.48. The molecular weight excluding hydrogens is 352 g/mol. The summed E-state index contributed by atoms with van der Waals surface area (Å²) in [5.41, 5.74) is -0.685. The van der Waals surface area contributed by atoms with E-state index in [9.17, 15) is 13.2 Å². The van der Waals surface area contributed by atoms with Gasteiger partial charge in [0.1, 0.15) is 0 Å². The first-order valence-electron chi connectivity index (χ1n) is 7.36. The van der Waals surface area contributed by atoms with Crippen molar-refractivity contribution in [3.8, 4) is 11.6 Å². The fourth-order valence-electron chi connectivity index (χ4n) is 2.67. The van der Waals surface area contributed by atoms with Gasteiger partial charge < -0.3 is 14.3 Å². The van der Waals surface area contributed by atoms with Crippen LogP contribution in [0, 0.1) is 0 Å². The molecule has 24 heavy (non-hydrogen) atoms. The Morgan fingerprint density at radius 2 is 2.29 bits per heavy atom. The summed E-state index contributed by atoms with van der Waals surface area (Å²) in [5.74, 6) is 1.21. The van der Waals surface area contributed by atoms with Crippen molar-refractivity contribution in [1.82, 2.24) is 20.1 Å². The number of rotatable bonds is 5. The average Bonchev–Trinajstić information content (AvgIpc) is 3.17. The van der Waals surface area contributed by atoms with Gasteiger partial charge in [-0.2, -0.15) is 0 Å². The van der Waals surface area contributed by atoms with Crippen LogP contribution in [0.4, 0.5) is 0 Å². The van der Waals surface area contributed by atoms with Crippen LogP contribution in [0.1, 0.15) is 13.3 Å². The fraction of sp³-hybridized carbons (Fsp3) is 0.500. The highest BCUT2D eigenvalue weighted by Crippen LogP contribution is 2.25. The number of sulfone groups is 1. The van der Waals surface area contributed by atoms with Gasteiger partial charge >= 0.3 is 0 Å². The van der Waals surface area contributed by atoms with Crippen molar-refractivity contribution in [2.45, 2.75) is 24.0 Å². The quantitative estimate of drug-likeness (QED) is 0.778. The van der Waals surface area contributed by atoms with Gasteiger partial charge in [-0.3, -0.25) is 4.79 Å². The van der Waals surface area contributed by atoms with Crippen molar-refractivity contribution in [1.29, 1.82) is 0 Å². The monoisotopic (exact) mass is 370 g/mol. The topological polar surface area (TPSA) is 107 Å². The second-order valence-corrected chi connectivity index (χ2v) is 9.21. The average molecular weight is 370 g/mol. The second-order valence-electron chi connectivity index (χ2n) is 6.08. The van der Waals surface area contributed by atoms with Gasteiger partial charge in [0.25, 0.3) is 0 Å².